The lowest BCUT2D eigenvalue weighted by atomic mass is 10.1. The lowest BCUT2D eigenvalue weighted by molar-refractivity contribution is -0.384. The fourth-order valence-electron chi connectivity index (χ4n) is 3.01. The van der Waals surface area contributed by atoms with E-state index in [1.165, 1.54) is 24.3 Å². The van der Waals surface area contributed by atoms with Gasteiger partial charge in [0, 0.05) is 24.2 Å². The second-order valence-electron chi connectivity index (χ2n) is 7.22. The van der Waals surface area contributed by atoms with E-state index in [4.69, 9.17) is 0 Å². The maximum Gasteiger partial charge on any atom is 0.270 e. The Kier molecular flexibility index (Phi) is 7.48. The minimum atomic E-state index is -0.512. The summed E-state index contributed by atoms with van der Waals surface area (Å²) in [7, 11) is 0. The van der Waals surface area contributed by atoms with Crippen LogP contribution in [0, 0.1) is 17.0 Å². The molecule has 3 aromatic carbocycles. The number of amides is 2. The maximum absolute atomic E-state index is 12.8. The van der Waals surface area contributed by atoms with Crippen LogP contribution in [-0.4, -0.2) is 23.3 Å². The third kappa shape index (κ3) is 6.37. The summed E-state index contributed by atoms with van der Waals surface area (Å²) in [5.74, 6) is -0.923. The van der Waals surface area contributed by atoms with Gasteiger partial charge in [0.2, 0.25) is 0 Å². The van der Waals surface area contributed by atoms with Crippen molar-refractivity contribution in [1.82, 2.24) is 10.6 Å². The molecule has 0 aliphatic heterocycles. The van der Waals surface area contributed by atoms with E-state index in [-0.39, 0.29) is 11.4 Å². The monoisotopic (exact) mass is 429 g/mol. The molecular formula is C25H23N3O4. The number of rotatable bonds is 8. The number of nitrogens with one attached hydrogen (secondary N) is 2. The van der Waals surface area contributed by atoms with Gasteiger partial charge in [-0.3, -0.25) is 19.7 Å². The molecule has 0 saturated heterocycles. The van der Waals surface area contributed by atoms with E-state index >= 15 is 0 Å². The van der Waals surface area contributed by atoms with Gasteiger partial charge in [0.05, 0.1) is 4.92 Å². The molecular weight excluding hydrogens is 406 g/mol. The molecule has 0 fully saturated rings. The molecule has 0 atom stereocenters. The summed E-state index contributed by atoms with van der Waals surface area (Å²) in [4.78, 5) is 36.1. The van der Waals surface area contributed by atoms with Crippen LogP contribution in [0.15, 0.2) is 84.6 Å². The number of aryl methyl sites for hydroxylation is 1. The van der Waals surface area contributed by atoms with Crippen molar-refractivity contribution in [2.24, 2.45) is 0 Å². The van der Waals surface area contributed by atoms with E-state index in [1.54, 1.807) is 30.3 Å². The SMILES string of the molecule is Cc1ccc(C(=O)N/C(=C/c2cccc([N+](=O)[O-])c2)C(=O)NCCc2ccccc2)cc1. The number of nitro groups is 1. The zero-order valence-corrected chi connectivity index (χ0v) is 17.6. The molecule has 0 saturated carbocycles. The van der Waals surface area contributed by atoms with Crippen molar-refractivity contribution in [1.29, 1.82) is 0 Å². The zero-order chi connectivity index (χ0) is 22.9. The molecule has 7 heteroatoms. The van der Waals surface area contributed by atoms with Gasteiger partial charge >= 0.3 is 0 Å². The molecule has 0 aromatic heterocycles. The topological polar surface area (TPSA) is 101 Å². The summed E-state index contributed by atoms with van der Waals surface area (Å²) >= 11 is 0. The van der Waals surface area contributed by atoms with Gasteiger partial charge < -0.3 is 10.6 Å². The Labute approximate surface area is 185 Å². The van der Waals surface area contributed by atoms with Crippen LogP contribution >= 0.6 is 0 Å². The number of nitrogens with zero attached hydrogens (tertiary/aromatic N) is 1. The quantitative estimate of drug-likeness (QED) is 0.321. The van der Waals surface area contributed by atoms with Crippen molar-refractivity contribution in [3.05, 3.63) is 117 Å². The summed E-state index contributed by atoms with van der Waals surface area (Å²) in [6, 6.07) is 22.5. The van der Waals surface area contributed by atoms with Gasteiger partial charge in [-0.25, -0.2) is 0 Å². The maximum atomic E-state index is 12.8. The minimum absolute atomic E-state index is 0.00383. The van der Waals surface area contributed by atoms with Crippen molar-refractivity contribution in [3.8, 4) is 0 Å². The van der Waals surface area contributed by atoms with Gasteiger partial charge in [0.15, 0.2) is 0 Å². The molecule has 3 rings (SSSR count). The first-order chi connectivity index (χ1) is 15.4. The Hall–Kier alpha value is -4.26. The number of carbonyl (C=O) groups is 2. The van der Waals surface area contributed by atoms with Gasteiger partial charge in [-0.1, -0.05) is 60.2 Å². The lowest BCUT2D eigenvalue weighted by Gasteiger charge is -2.12. The predicted molar refractivity (Wildman–Crippen MR) is 123 cm³/mol. The summed E-state index contributed by atoms with van der Waals surface area (Å²) < 4.78 is 0. The molecule has 32 heavy (non-hydrogen) atoms. The number of hydrogen-bond acceptors (Lipinski definition) is 4. The fraction of sp³-hybridized carbons (Fsp3) is 0.120. The fourth-order valence-corrected chi connectivity index (χ4v) is 3.01. The van der Waals surface area contributed by atoms with Crippen molar-refractivity contribution >= 4 is 23.6 Å². The van der Waals surface area contributed by atoms with Crippen LogP contribution in [-0.2, 0) is 11.2 Å². The number of hydrogen-bond donors (Lipinski definition) is 2. The van der Waals surface area contributed by atoms with E-state index in [0.29, 0.717) is 24.1 Å². The number of nitro benzene ring substituents is 1. The van der Waals surface area contributed by atoms with Crippen LogP contribution in [0.25, 0.3) is 6.08 Å². The highest BCUT2D eigenvalue weighted by atomic mass is 16.6. The highest BCUT2D eigenvalue weighted by Crippen LogP contribution is 2.16. The summed E-state index contributed by atoms with van der Waals surface area (Å²) in [5, 5.41) is 16.5. The molecule has 2 N–H and O–H groups in total. The van der Waals surface area contributed by atoms with E-state index in [9.17, 15) is 19.7 Å². The number of carbonyl (C=O) groups excluding carboxylic acids is 2. The molecule has 2 amide bonds. The molecule has 0 bridgehead atoms. The molecule has 162 valence electrons. The first-order valence-corrected chi connectivity index (χ1v) is 10.1. The van der Waals surface area contributed by atoms with E-state index in [1.807, 2.05) is 37.3 Å². The van der Waals surface area contributed by atoms with Crippen molar-refractivity contribution in [2.75, 3.05) is 6.54 Å². The Bertz CT molecular complexity index is 1140. The molecule has 0 aliphatic rings. The van der Waals surface area contributed by atoms with Gasteiger partial charge in [0.1, 0.15) is 5.70 Å². The van der Waals surface area contributed by atoms with Gasteiger partial charge in [-0.2, -0.15) is 0 Å². The Balaban J connectivity index is 1.80. The molecule has 0 spiro atoms. The summed E-state index contributed by atoms with van der Waals surface area (Å²) in [6.45, 7) is 2.28. The smallest absolute Gasteiger partial charge is 0.270 e. The first kappa shape index (κ1) is 22.4. The van der Waals surface area contributed by atoms with Crippen molar-refractivity contribution in [3.63, 3.8) is 0 Å². The third-order valence-corrected chi connectivity index (χ3v) is 4.74. The van der Waals surface area contributed by atoms with E-state index in [0.717, 1.165) is 11.1 Å². The highest BCUT2D eigenvalue weighted by molar-refractivity contribution is 6.05. The largest absolute Gasteiger partial charge is 0.350 e. The molecule has 0 radical (unpaired) electrons. The lowest BCUT2D eigenvalue weighted by Crippen LogP contribution is -2.35. The standard InChI is InChI=1S/C25H23N3O4/c1-18-10-12-21(13-11-18)24(29)27-23(17-20-8-5-9-22(16-20)28(31)32)25(30)26-15-14-19-6-3-2-4-7-19/h2-13,16-17H,14-15H2,1H3,(H,26,30)(H,27,29)/b23-17+. The Morgan fingerprint density at radius 1 is 0.969 bits per heavy atom. The second-order valence-corrected chi connectivity index (χ2v) is 7.22. The molecule has 0 aliphatic carbocycles. The molecule has 3 aromatic rings. The zero-order valence-electron chi connectivity index (χ0n) is 17.6. The van der Waals surface area contributed by atoms with Crippen LogP contribution in [0.3, 0.4) is 0 Å². The van der Waals surface area contributed by atoms with Crippen LogP contribution in [0.1, 0.15) is 27.0 Å². The number of benzene rings is 3. The van der Waals surface area contributed by atoms with E-state index < -0.39 is 16.7 Å². The summed E-state index contributed by atoms with van der Waals surface area (Å²) in [6.07, 6.45) is 2.06. The minimum Gasteiger partial charge on any atom is -0.350 e. The Morgan fingerprint density at radius 3 is 2.38 bits per heavy atom. The first-order valence-electron chi connectivity index (χ1n) is 10.1. The van der Waals surface area contributed by atoms with Crippen molar-refractivity contribution < 1.29 is 14.5 Å². The van der Waals surface area contributed by atoms with Crippen LogP contribution in [0.5, 0.6) is 0 Å². The average Bonchev–Trinajstić information content (AvgIpc) is 2.80. The van der Waals surface area contributed by atoms with E-state index in [2.05, 4.69) is 10.6 Å². The second kappa shape index (κ2) is 10.7. The molecule has 0 heterocycles. The molecule has 7 nitrogen and oxygen atoms in total. The average molecular weight is 429 g/mol. The Morgan fingerprint density at radius 2 is 1.69 bits per heavy atom. The van der Waals surface area contributed by atoms with Crippen LogP contribution in [0.2, 0.25) is 0 Å². The summed E-state index contributed by atoms with van der Waals surface area (Å²) in [5.41, 5.74) is 2.80. The highest BCUT2D eigenvalue weighted by Gasteiger charge is 2.15. The van der Waals surface area contributed by atoms with Gasteiger partial charge in [0.25, 0.3) is 17.5 Å². The van der Waals surface area contributed by atoms with Gasteiger partial charge in [-0.15, -0.1) is 0 Å². The third-order valence-electron chi connectivity index (χ3n) is 4.74. The van der Waals surface area contributed by atoms with Crippen LogP contribution < -0.4 is 10.6 Å². The van der Waals surface area contributed by atoms with Crippen molar-refractivity contribution in [2.45, 2.75) is 13.3 Å². The van der Waals surface area contributed by atoms with Gasteiger partial charge in [-0.05, 0) is 42.7 Å². The number of non-ortho nitro benzene ring substituents is 1. The normalized spacial score (nSPS) is 11.0. The predicted octanol–water partition coefficient (Wildman–Crippen LogP) is 4.03. The molecule has 0 unspecified atom stereocenters. The van der Waals surface area contributed by atoms with Crippen LogP contribution in [0.4, 0.5) is 5.69 Å².